The third-order valence-electron chi connectivity index (χ3n) is 3.82. The van der Waals surface area contributed by atoms with E-state index >= 15 is 0 Å². The minimum Gasteiger partial charge on any atom is -0.493 e. The van der Waals surface area contributed by atoms with Gasteiger partial charge in [-0.25, -0.2) is 4.79 Å². The molecule has 2 rings (SSSR count). The zero-order valence-corrected chi connectivity index (χ0v) is 15.9. The van der Waals surface area contributed by atoms with Crippen molar-refractivity contribution in [1.29, 1.82) is 0 Å². The molecule has 6 heteroatoms. The molecule has 1 N–H and O–H groups in total. The maximum Gasteiger partial charge on any atom is 0.339 e. The molecule has 0 aliphatic rings. The Bertz CT molecular complexity index is 760. The SMILES string of the molecule is CCCOc1ccc(C(=O)O[C@H](C)C(=O)NCc2ccccc2)cc1OC. The molecule has 0 fully saturated rings. The molecule has 0 radical (unpaired) electrons. The molecule has 0 spiro atoms. The van der Waals surface area contributed by atoms with Crippen LogP contribution in [0.15, 0.2) is 48.5 Å². The topological polar surface area (TPSA) is 73.9 Å². The standard InChI is InChI=1S/C21H25NO5/c1-4-12-26-18-11-10-17(13-19(18)25-3)21(24)27-15(2)20(23)22-14-16-8-6-5-7-9-16/h5-11,13,15H,4,12,14H2,1-3H3,(H,22,23)/t15-/m1/s1. The van der Waals surface area contributed by atoms with E-state index in [1.54, 1.807) is 18.2 Å². The van der Waals surface area contributed by atoms with Crippen LogP contribution in [0.25, 0.3) is 0 Å². The summed E-state index contributed by atoms with van der Waals surface area (Å²) < 4.78 is 16.1. The average molecular weight is 371 g/mol. The molecule has 6 nitrogen and oxygen atoms in total. The van der Waals surface area contributed by atoms with E-state index in [1.165, 1.54) is 14.0 Å². The van der Waals surface area contributed by atoms with Gasteiger partial charge in [-0.15, -0.1) is 0 Å². The fraction of sp³-hybridized carbons (Fsp3) is 0.333. The summed E-state index contributed by atoms with van der Waals surface area (Å²) in [6.45, 7) is 4.47. The van der Waals surface area contributed by atoms with E-state index in [9.17, 15) is 9.59 Å². The highest BCUT2D eigenvalue weighted by Crippen LogP contribution is 2.28. The van der Waals surface area contributed by atoms with Gasteiger partial charge in [0, 0.05) is 6.54 Å². The van der Waals surface area contributed by atoms with Gasteiger partial charge in [0.2, 0.25) is 0 Å². The molecule has 0 saturated carbocycles. The molecular weight excluding hydrogens is 346 g/mol. The number of nitrogens with one attached hydrogen (secondary N) is 1. The molecule has 0 aliphatic carbocycles. The second kappa shape index (κ2) is 10.2. The number of carbonyl (C=O) groups excluding carboxylic acids is 2. The second-order valence-electron chi connectivity index (χ2n) is 5.97. The molecule has 144 valence electrons. The van der Waals surface area contributed by atoms with Gasteiger partial charge >= 0.3 is 5.97 Å². The predicted octanol–water partition coefficient (Wildman–Crippen LogP) is 3.35. The number of esters is 1. The first-order chi connectivity index (χ1) is 13.0. The molecule has 0 saturated heterocycles. The van der Waals surface area contributed by atoms with Crippen LogP contribution in [0.2, 0.25) is 0 Å². The lowest BCUT2D eigenvalue weighted by molar-refractivity contribution is -0.129. The Morgan fingerprint density at radius 3 is 2.48 bits per heavy atom. The smallest absolute Gasteiger partial charge is 0.339 e. The first-order valence-electron chi connectivity index (χ1n) is 8.88. The van der Waals surface area contributed by atoms with E-state index < -0.39 is 12.1 Å². The zero-order chi connectivity index (χ0) is 19.6. The Hall–Kier alpha value is -3.02. The highest BCUT2D eigenvalue weighted by molar-refractivity contribution is 5.92. The van der Waals surface area contributed by atoms with E-state index in [4.69, 9.17) is 14.2 Å². The molecule has 0 heterocycles. The van der Waals surface area contributed by atoms with Gasteiger partial charge in [0.15, 0.2) is 17.6 Å². The molecule has 0 bridgehead atoms. The molecule has 0 aliphatic heterocycles. The summed E-state index contributed by atoms with van der Waals surface area (Å²) in [5.74, 6) is 0.0448. The maximum atomic E-state index is 12.3. The monoisotopic (exact) mass is 371 g/mol. The normalized spacial score (nSPS) is 11.4. The summed E-state index contributed by atoms with van der Waals surface area (Å²) in [6, 6.07) is 14.3. The lowest BCUT2D eigenvalue weighted by Crippen LogP contribution is -2.35. The minimum atomic E-state index is -0.914. The van der Waals surface area contributed by atoms with Gasteiger partial charge in [-0.3, -0.25) is 4.79 Å². The van der Waals surface area contributed by atoms with Gasteiger partial charge in [0.25, 0.3) is 5.91 Å². The van der Waals surface area contributed by atoms with Crippen LogP contribution in [-0.2, 0) is 16.1 Å². The first-order valence-corrected chi connectivity index (χ1v) is 8.88. The van der Waals surface area contributed by atoms with Crippen molar-refractivity contribution < 1.29 is 23.8 Å². The Labute approximate surface area is 159 Å². The van der Waals surface area contributed by atoms with Crippen LogP contribution in [0.1, 0.15) is 36.2 Å². The number of carbonyl (C=O) groups is 2. The number of rotatable bonds is 9. The van der Waals surface area contributed by atoms with E-state index in [-0.39, 0.29) is 5.91 Å². The predicted molar refractivity (Wildman–Crippen MR) is 102 cm³/mol. The summed E-state index contributed by atoms with van der Waals surface area (Å²) >= 11 is 0. The lowest BCUT2D eigenvalue weighted by atomic mass is 10.2. The Morgan fingerprint density at radius 1 is 1.07 bits per heavy atom. The quantitative estimate of drug-likeness (QED) is 0.685. The van der Waals surface area contributed by atoms with E-state index in [0.29, 0.717) is 30.2 Å². The number of benzene rings is 2. The highest BCUT2D eigenvalue weighted by Gasteiger charge is 2.20. The highest BCUT2D eigenvalue weighted by atomic mass is 16.5. The first kappa shape index (κ1) is 20.3. The van der Waals surface area contributed by atoms with Gasteiger partial charge in [-0.2, -0.15) is 0 Å². The van der Waals surface area contributed by atoms with E-state index in [1.807, 2.05) is 37.3 Å². The number of amides is 1. The van der Waals surface area contributed by atoms with Gasteiger partial charge < -0.3 is 19.5 Å². The van der Waals surface area contributed by atoms with Crippen molar-refractivity contribution in [3.05, 3.63) is 59.7 Å². The Morgan fingerprint density at radius 2 is 1.81 bits per heavy atom. The van der Waals surface area contributed by atoms with Crippen LogP contribution < -0.4 is 14.8 Å². The molecule has 0 aromatic heterocycles. The fourth-order valence-corrected chi connectivity index (χ4v) is 2.34. The molecule has 2 aromatic rings. The molecule has 27 heavy (non-hydrogen) atoms. The summed E-state index contributed by atoms with van der Waals surface area (Å²) in [5, 5.41) is 2.75. The van der Waals surface area contributed by atoms with Gasteiger partial charge in [0.05, 0.1) is 19.3 Å². The summed E-state index contributed by atoms with van der Waals surface area (Å²) in [5.41, 5.74) is 1.26. The van der Waals surface area contributed by atoms with E-state index in [2.05, 4.69) is 5.32 Å². The molecule has 0 unspecified atom stereocenters. The van der Waals surface area contributed by atoms with Crippen LogP contribution in [-0.4, -0.2) is 31.7 Å². The number of hydrogen-bond acceptors (Lipinski definition) is 5. The Kier molecular flexibility index (Phi) is 7.67. The van der Waals surface area contributed by atoms with E-state index in [0.717, 1.165) is 12.0 Å². The maximum absolute atomic E-state index is 12.3. The molecule has 2 aromatic carbocycles. The lowest BCUT2D eigenvalue weighted by Gasteiger charge is -2.15. The van der Waals surface area contributed by atoms with Crippen LogP contribution in [0.5, 0.6) is 11.5 Å². The van der Waals surface area contributed by atoms with Gasteiger partial charge in [-0.1, -0.05) is 37.3 Å². The molecule has 1 amide bonds. The van der Waals surface area contributed by atoms with Crippen LogP contribution >= 0.6 is 0 Å². The van der Waals surface area contributed by atoms with Crippen molar-refractivity contribution >= 4 is 11.9 Å². The minimum absolute atomic E-state index is 0.290. The second-order valence-corrected chi connectivity index (χ2v) is 5.97. The summed E-state index contributed by atoms with van der Waals surface area (Å²) in [4.78, 5) is 24.5. The molecular formula is C21H25NO5. The van der Waals surface area contributed by atoms with Crippen LogP contribution in [0, 0.1) is 0 Å². The van der Waals surface area contributed by atoms with Gasteiger partial charge in [-0.05, 0) is 37.1 Å². The van der Waals surface area contributed by atoms with Crippen molar-refractivity contribution in [3.8, 4) is 11.5 Å². The number of hydrogen-bond donors (Lipinski definition) is 1. The fourth-order valence-electron chi connectivity index (χ4n) is 2.34. The third kappa shape index (κ3) is 6.02. The largest absolute Gasteiger partial charge is 0.493 e. The van der Waals surface area contributed by atoms with Crippen LogP contribution in [0.4, 0.5) is 0 Å². The van der Waals surface area contributed by atoms with Crippen molar-refractivity contribution in [2.75, 3.05) is 13.7 Å². The van der Waals surface area contributed by atoms with Crippen molar-refractivity contribution in [2.24, 2.45) is 0 Å². The Balaban J connectivity index is 1.93. The van der Waals surface area contributed by atoms with Crippen molar-refractivity contribution in [2.45, 2.75) is 32.9 Å². The molecule has 1 atom stereocenters. The third-order valence-corrected chi connectivity index (χ3v) is 3.82. The van der Waals surface area contributed by atoms with Crippen LogP contribution in [0.3, 0.4) is 0 Å². The summed E-state index contributed by atoms with van der Waals surface area (Å²) in [7, 11) is 1.50. The number of methoxy groups -OCH3 is 1. The summed E-state index contributed by atoms with van der Waals surface area (Å²) in [6.07, 6.45) is -0.0500. The number of ether oxygens (including phenoxy) is 3. The van der Waals surface area contributed by atoms with Gasteiger partial charge in [0.1, 0.15) is 0 Å². The van der Waals surface area contributed by atoms with Crippen molar-refractivity contribution in [3.63, 3.8) is 0 Å². The van der Waals surface area contributed by atoms with Crippen molar-refractivity contribution in [1.82, 2.24) is 5.32 Å². The average Bonchev–Trinajstić information content (AvgIpc) is 2.70. The zero-order valence-electron chi connectivity index (χ0n) is 15.9.